The molecular weight excluding hydrogens is 198 g/mol. The van der Waals surface area contributed by atoms with Gasteiger partial charge in [-0.05, 0) is 33.4 Å². The third-order valence-electron chi connectivity index (χ3n) is 3.58. The summed E-state index contributed by atoms with van der Waals surface area (Å²) in [5, 5.41) is 12.5. The zero-order valence-electron chi connectivity index (χ0n) is 10.9. The van der Waals surface area contributed by atoms with Crippen molar-refractivity contribution in [1.29, 1.82) is 5.26 Å². The number of rotatable bonds is 5. The number of likely N-dealkylation sites (N-methyl/N-ethyl adjacent to an activating group) is 2. The number of nitrogens with zero attached hydrogens (tertiary/aromatic N) is 2. The van der Waals surface area contributed by atoms with E-state index in [2.05, 4.69) is 30.3 Å². The summed E-state index contributed by atoms with van der Waals surface area (Å²) < 4.78 is 0. The lowest BCUT2D eigenvalue weighted by atomic mass is 9.93. The predicted octanol–water partition coefficient (Wildman–Crippen LogP) is 2.14. The normalized spacial score (nSPS) is 21.7. The van der Waals surface area contributed by atoms with Crippen LogP contribution in [0.25, 0.3) is 0 Å². The molecule has 0 spiro atoms. The summed E-state index contributed by atoms with van der Waals surface area (Å²) in [6.07, 6.45) is 6.67. The molecule has 0 aromatic heterocycles. The first kappa shape index (κ1) is 13.5. The highest BCUT2D eigenvalue weighted by Crippen LogP contribution is 2.22. The van der Waals surface area contributed by atoms with Gasteiger partial charge in [-0.15, -0.1) is 0 Å². The Labute approximate surface area is 99.8 Å². The van der Waals surface area contributed by atoms with E-state index in [-0.39, 0.29) is 0 Å². The molecule has 0 amide bonds. The molecule has 0 saturated heterocycles. The molecule has 1 saturated carbocycles. The van der Waals surface area contributed by atoms with E-state index in [0.29, 0.717) is 6.04 Å². The lowest BCUT2D eigenvalue weighted by molar-refractivity contribution is 0.162. The average molecular weight is 223 g/mol. The first-order chi connectivity index (χ1) is 7.61. The van der Waals surface area contributed by atoms with Gasteiger partial charge in [-0.25, -0.2) is 0 Å². The van der Waals surface area contributed by atoms with E-state index >= 15 is 0 Å². The topological polar surface area (TPSA) is 39.1 Å². The molecule has 0 heterocycles. The minimum absolute atomic E-state index is 0.402. The fraction of sp³-hybridized carbons (Fsp3) is 0.923. The first-order valence-electron chi connectivity index (χ1n) is 6.48. The molecule has 1 unspecified atom stereocenters. The van der Waals surface area contributed by atoms with Crippen LogP contribution in [0.2, 0.25) is 0 Å². The molecule has 1 fully saturated rings. The molecule has 0 radical (unpaired) electrons. The Hall–Kier alpha value is -0.590. The fourth-order valence-corrected chi connectivity index (χ4v) is 2.67. The van der Waals surface area contributed by atoms with Crippen molar-refractivity contribution >= 4 is 0 Å². The van der Waals surface area contributed by atoms with Gasteiger partial charge in [0.05, 0.1) is 6.07 Å². The summed E-state index contributed by atoms with van der Waals surface area (Å²) in [4.78, 5) is 2.37. The number of nitrogens with one attached hydrogen (secondary N) is 1. The molecule has 92 valence electrons. The predicted molar refractivity (Wildman–Crippen MR) is 67.2 cm³/mol. The quantitative estimate of drug-likeness (QED) is 0.776. The van der Waals surface area contributed by atoms with Crippen molar-refractivity contribution in [2.45, 2.75) is 57.5 Å². The van der Waals surface area contributed by atoms with Gasteiger partial charge in [0.2, 0.25) is 0 Å². The largest absolute Gasteiger partial charge is 0.301 e. The van der Waals surface area contributed by atoms with Gasteiger partial charge in [0.1, 0.15) is 5.54 Å². The Morgan fingerprint density at radius 1 is 1.38 bits per heavy atom. The summed E-state index contributed by atoms with van der Waals surface area (Å²) in [6.45, 7) is 5.72. The van der Waals surface area contributed by atoms with Crippen molar-refractivity contribution < 1.29 is 0 Å². The Kier molecular flexibility index (Phi) is 5.24. The van der Waals surface area contributed by atoms with Crippen molar-refractivity contribution in [3.8, 4) is 6.07 Å². The Bertz CT molecular complexity index is 240. The van der Waals surface area contributed by atoms with Gasteiger partial charge in [-0.1, -0.05) is 26.2 Å². The van der Waals surface area contributed by atoms with Gasteiger partial charge in [0.15, 0.2) is 0 Å². The van der Waals surface area contributed by atoms with Crippen molar-refractivity contribution in [2.75, 3.05) is 20.1 Å². The third kappa shape index (κ3) is 3.77. The molecule has 0 bridgehead atoms. The minimum Gasteiger partial charge on any atom is -0.301 e. The highest BCUT2D eigenvalue weighted by Gasteiger charge is 2.28. The van der Waals surface area contributed by atoms with Crippen LogP contribution in [0.15, 0.2) is 0 Å². The average Bonchev–Trinajstić information content (AvgIpc) is 2.30. The van der Waals surface area contributed by atoms with Crippen LogP contribution < -0.4 is 5.32 Å². The summed E-state index contributed by atoms with van der Waals surface area (Å²) in [5.74, 6) is 0. The minimum atomic E-state index is -0.402. The van der Waals surface area contributed by atoms with E-state index in [1.165, 1.54) is 32.1 Å². The molecule has 0 aliphatic heterocycles. The van der Waals surface area contributed by atoms with Gasteiger partial charge in [-0.2, -0.15) is 5.26 Å². The van der Waals surface area contributed by atoms with Gasteiger partial charge >= 0.3 is 0 Å². The van der Waals surface area contributed by atoms with E-state index in [0.717, 1.165) is 13.1 Å². The summed E-state index contributed by atoms with van der Waals surface area (Å²) in [5.41, 5.74) is -0.402. The van der Waals surface area contributed by atoms with Crippen LogP contribution in [0.3, 0.4) is 0 Å². The molecular formula is C13H25N3. The van der Waals surface area contributed by atoms with E-state index in [1.807, 2.05) is 6.92 Å². The molecule has 1 rings (SSSR count). The highest BCUT2D eigenvalue weighted by molar-refractivity contribution is 5.05. The second-order valence-corrected chi connectivity index (χ2v) is 5.18. The van der Waals surface area contributed by atoms with Crippen LogP contribution in [0, 0.1) is 11.3 Å². The number of nitriles is 1. The standard InChI is InChI=1S/C13H25N3/c1-4-15-13(2,10-14)11-16(3)12-8-6-5-7-9-12/h12,15H,4-9,11H2,1-3H3. The van der Waals surface area contributed by atoms with Crippen molar-refractivity contribution in [1.82, 2.24) is 10.2 Å². The molecule has 1 atom stereocenters. The van der Waals surface area contributed by atoms with Gasteiger partial charge in [0, 0.05) is 12.6 Å². The summed E-state index contributed by atoms with van der Waals surface area (Å²) >= 11 is 0. The lowest BCUT2D eigenvalue weighted by Crippen LogP contribution is -2.51. The molecule has 1 aliphatic rings. The van der Waals surface area contributed by atoms with Crippen LogP contribution in [-0.2, 0) is 0 Å². The van der Waals surface area contributed by atoms with Gasteiger partial charge < -0.3 is 4.90 Å². The monoisotopic (exact) mass is 223 g/mol. The summed E-state index contributed by atoms with van der Waals surface area (Å²) in [7, 11) is 2.16. The molecule has 0 aromatic carbocycles. The van der Waals surface area contributed by atoms with E-state index < -0.39 is 5.54 Å². The maximum absolute atomic E-state index is 9.22. The van der Waals surface area contributed by atoms with Crippen LogP contribution in [0.4, 0.5) is 0 Å². The zero-order valence-corrected chi connectivity index (χ0v) is 10.9. The van der Waals surface area contributed by atoms with Gasteiger partial charge in [-0.3, -0.25) is 5.32 Å². The van der Waals surface area contributed by atoms with Crippen molar-refractivity contribution in [3.63, 3.8) is 0 Å². The smallest absolute Gasteiger partial charge is 0.116 e. The van der Waals surface area contributed by atoms with Gasteiger partial charge in [0.25, 0.3) is 0 Å². The van der Waals surface area contributed by atoms with Crippen LogP contribution >= 0.6 is 0 Å². The molecule has 1 aliphatic carbocycles. The Morgan fingerprint density at radius 2 is 2.00 bits per heavy atom. The molecule has 1 N–H and O–H groups in total. The van der Waals surface area contributed by atoms with E-state index in [1.54, 1.807) is 0 Å². The van der Waals surface area contributed by atoms with Crippen LogP contribution in [0.1, 0.15) is 46.0 Å². The molecule has 3 nitrogen and oxygen atoms in total. The van der Waals surface area contributed by atoms with Crippen molar-refractivity contribution in [3.05, 3.63) is 0 Å². The maximum Gasteiger partial charge on any atom is 0.116 e. The summed E-state index contributed by atoms with van der Waals surface area (Å²) in [6, 6.07) is 3.08. The highest BCUT2D eigenvalue weighted by atomic mass is 15.2. The maximum atomic E-state index is 9.22. The Balaban J connectivity index is 2.47. The molecule has 0 aromatic rings. The SMILES string of the molecule is CCNC(C)(C#N)CN(C)C1CCCCC1. The third-order valence-corrected chi connectivity index (χ3v) is 3.58. The first-order valence-corrected chi connectivity index (χ1v) is 6.48. The zero-order chi connectivity index (χ0) is 12.0. The van der Waals surface area contributed by atoms with Crippen LogP contribution in [0.5, 0.6) is 0 Å². The second-order valence-electron chi connectivity index (χ2n) is 5.18. The van der Waals surface area contributed by atoms with Crippen LogP contribution in [-0.4, -0.2) is 36.6 Å². The Morgan fingerprint density at radius 3 is 2.50 bits per heavy atom. The second kappa shape index (κ2) is 6.22. The number of hydrogen-bond acceptors (Lipinski definition) is 3. The fourth-order valence-electron chi connectivity index (χ4n) is 2.67. The molecule has 16 heavy (non-hydrogen) atoms. The van der Waals surface area contributed by atoms with E-state index in [9.17, 15) is 5.26 Å². The van der Waals surface area contributed by atoms with E-state index in [4.69, 9.17) is 0 Å². The number of hydrogen-bond donors (Lipinski definition) is 1. The molecule has 3 heteroatoms. The lowest BCUT2D eigenvalue weighted by Gasteiger charge is -2.36. The van der Waals surface area contributed by atoms with Crippen molar-refractivity contribution in [2.24, 2.45) is 0 Å².